The number of ketones is 1. The Morgan fingerprint density at radius 3 is 2.65 bits per heavy atom. The normalized spacial score (nSPS) is 10.7. The van der Waals surface area contributed by atoms with Crippen molar-refractivity contribution in [2.75, 3.05) is 5.32 Å². The average molecular weight is 371 g/mol. The van der Waals surface area contributed by atoms with Crippen LogP contribution in [0.5, 0.6) is 0 Å². The number of carbonyl (C=O) groups excluding carboxylic acids is 2. The second kappa shape index (κ2) is 7.92. The van der Waals surface area contributed by atoms with E-state index in [0.29, 0.717) is 17.7 Å². The quantitative estimate of drug-likeness (QED) is 0.644. The summed E-state index contributed by atoms with van der Waals surface area (Å²) < 4.78 is 6.10. The minimum Gasteiger partial charge on any atom is -0.387 e. The maximum absolute atomic E-state index is 12.4. The second-order valence-corrected chi connectivity index (χ2v) is 6.55. The van der Waals surface area contributed by atoms with Gasteiger partial charge in [0.1, 0.15) is 6.54 Å². The molecule has 134 valence electrons. The van der Waals surface area contributed by atoms with E-state index in [1.807, 2.05) is 18.4 Å². The molecule has 0 aliphatic heterocycles. The van der Waals surface area contributed by atoms with E-state index in [0.717, 1.165) is 16.0 Å². The van der Waals surface area contributed by atoms with E-state index >= 15 is 0 Å². The maximum atomic E-state index is 12.4. The van der Waals surface area contributed by atoms with Gasteiger partial charge >= 0.3 is 5.76 Å². The van der Waals surface area contributed by atoms with Crippen molar-refractivity contribution in [3.63, 3.8) is 0 Å². The lowest BCUT2D eigenvalue weighted by molar-refractivity contribution is -0.116. The van der Waals surface area contributed by atoms with Gasteiger partial charge in [-0.15, -0.1) is 16.4 Å². The fourth-order valence-corrected chi connectivity index (χ4v) is 2.97. The molecular formula is C18H17N3O4S. The van der Waals surface area contributed by atoms with Crippen molar-refractivity contribution in [1.82, 2.24) is 9.78 Å². The summed E-state index contributed by atoms with van der Waals surface area (Å²) >= 11 is 1.40. The molecule has 2 heterocycles. The van der Waals surface area contributed by atoms with Gasteiger partial charge in [0.25, 0.3) is 5.89 Å². The van der Waals surface area contributed by atoms with Gasteiger partial charge in [-0.3, -0.25) is 9.59 Å². The number of rotatable bonds is 7. The summed E-state index contributed by atoms with van der Waals surface area (Å²) in [6, 6.07) is 10.1. The van der Waals surface area contributed by atoms with Crippen LogP contribution in [0.2, 0.25) is 0 Å². The summed E-state index contributed by atoms with van der Waals surface area (Å²) in [5.41, 5.74) is 1.05. The van der Waals surface area contributed by atoms with Crippen molar-refractivity contribution in [3.8, 4) is 10.8 Å². The third-order valence-electron chi connectivity index (χ3n) is 3.60. The van der Waals surface area contributed by atoms with E-state index < -0.39 is 5.76 Å². The minimum absolute atomic E-state index is 0.0677. The zero-order valence-electron chi connectivity index (χ0n) is 14.1. The first-order valence-corrected chi connectivity index (χ1v) is 8.99. The molecule has 0 aliphatic carbocycles. The van der Waals surface area contributed by atoms with Gasteiger partial charge in [0.05, 0.1) is 4.88 Å². The third kappa shape index (κ3) is 4.15. The van der Waals surface area contributed by atoms with Crippen LogP contribution in [0.15, 0.2) is 51.0 Å². The fraction of sp³-hybridized carbons (Fsp3) is 0.222. The van der Waals surface area contributed by atoms with E-state index in [2.05, 4.69) is 10.4 Å². The van der Waals surface area contributed by atoms with Crippen molar-refractivity contribution in [2.24, 2.45) is 0 Å². The molecule has 1 aromatic carbocycles. The molecule has 3 aromatic rings. The fourth-order valence-electron chi connectivity index (χ4n) is 2.32. The van der Waals surface area contributed by atoms with E-state index in [1.54, 1.807) is 30.3 Å². The van der Waals surface area contributed by atoms with Crippen LogP contribution < -0.4 is 11.1 Å². The van der Waals surface area contributed by atoms with Gasteiger partial charge in [0, 0.05) is 17.7 Å². The molecule has 0 unspecified atom stereocenters. The molecule has 8 heteroatoms. The predicted octanol–water partition coefficient (Wildman–Crippen LogP) is 3.19. The van der Waals surface area contributed by atoms with Crippen LogP contribution in [-0.4, -0.2) is 21.5 Å². The Morgan fingerprint density at radius 2 is 2.00 bits per heavy atom. The van der Waals surface area contributed by atoms with Crippen LogP contribution in [0.25, 0.3) is 10.8 Å². The zero-order valence-corrected chi connectivity index (χ0v) is 14.9. The van der Waals surface area contributed by atoms with Gasteiger partial charge in [0.15, 0.2) is 5.78 Å². The molecule has 0 saturated carbocycles. The van der Waals surface area contributed by atoms with Crippen LogP contribution in [0.1, 0.15) is 30.1 Å². The Morgan fingerprint density at radius 1 is 1.23 bits per heavy atom. The number of nitrogens with one attached hydrogen (secondary N) is 1. The van der Waals surface area contributed by atoms with Gasteiger partial charge < -0.3 is 9.73 Å². The Bertz CT molecular complexity index is 955. The zero-order chi connectivity index (χ0) is 18.5. The SMILES string of the molecule is CCCC(=O)Nc1ccc(C(=O)Cn2nc(-c3cccs3)oc2=O)cc1. The largest absolute Gasteiger partial charge is 0.437 e. The Hall–Kier alpha value is -3.00. The number of thiophene rings is 1. The van der Waals surface area contributed by atoms with Crippen molar-refractivity contribution in [2.45, 2.75) is 26.3 Å². The molecule has 0 radical (unpaired) electrons. The molecule has 0 fully saturated rings. The first-order valence-electron chi connectivity index (χ1n) is 8.11. The lowest BCUT2D eigenvalue weighted by atomic mass is 10.1. The van der Waals surface area contributed by atoms with Gasteiger partial charge in [0.2, 0.25) is 5.91 Å². The highest BCUT2D eigenvalue weighted by atomic mass is 32.1. The highest BCUT2D eigenvalue weighted by molar-refractivity contribution is 7.13. The Balaban J connectivity index is 1.68. The number of carbonyl (C=O) groups is 2. The molecular weight excluding hydrogens is 354 g/mol. The summed E-state index contributed by atoms with van der Waals surface area (Å²) in [4.78, 5) is 36.5. The summed E-state index contributed by atoms with van der Waals surface area (Å²) in [7, 11) is 0. The highest BCUT2D eigenvalue weighted by Crippen LogP contribution is 2.21. The number of hydrogen-bond donors (Lipinski definition) is 1. The van der Waals surface area contributed by atoms with Gasteiger partial charge in [-0.25, -0.2) is 4.79 Å². The van der Waals surface area contributed by atoms with Crippen molar-refractivity contribution in [1.29, 1.82) is 0 Å². The molecule has 1 N–H and O–H groups in total. The molecule has 0 spiro atoms. The monoisotopic (exact) mass is 371 g/mol. The van der Waals surface area contributed by atoms with E-state index in [9.17, 15) is 14.4 Å². The number of hydrogen-bond acceptors (Lipinski definition) is 6. The van der Waals surface area contributed by atoms with Gasteiger partial charge in [-0.1, -0.05) is 13.0 Å². The Labute approximate surface area is 153 Å². The summed E-state index contributed by atoms with van der Waals surface area (Å²) in [6.45, 7) is 1.71. The van der Waals surface area contributed by atoms with Gasteiger partial charge in [-0.2, -0.15) is 4.68 Å². The van der Waals surface area contributed by atoms with Crippen molar-refractivity contribution in [3.05, 3.63) is 57.9 Å². The standard InChI is InChI=1S/C18H17N3O4S/c1-2-4-16(23)19-13-8-6-12(7-9-13)14(22)11-21-18(24)25-17(20-21)15-5-3-10-26-15/h3,5-10H,2,4,11H2,1H3,(H,19,23). The van der Waals surface area contributed by atoms with Crippen LogP contribution in [0.4, 0.5) is 5.69 Å². The van der Waals surface area contributed by atoms with E-state index in [1.165, 1.54) is 11.3 Å². The molecule has 7 nitrogen and oxygen atoms in total. The van der Waals surface area contributed by atoms with Crippen LogP contribution in [0.3, 0.4) is 0 Å². The molecule has 0 bridgehead atoms. The van der Waals surface area contributed by atoms with Crippen LogP contribution in [0, 0.1) is 0 Å². The highest BCUT2D eigenvalue weighted by Gasteiger charge is 2.15. The maximum Gasteiger partial charge on any atom is 0.437 e. The molecule has 0 atom stereocenters. The molecule has 2 aromatic heterocycles. The minimum atomic E-state index is -0.676. The smallest absolute Gasteiger partial charge is 0.387 e. The molecule has 3 rings (SSSR count). The second-order valence-electron chi connectivity index (χ2n) is 5.61. The first kappa shape index (κ1) is 17.8. The molecule has 26 heavy (non-hydrogen) atoms. The number of amides is 1. The van der Waals surface area contributed by atoms with E-state index in [-0.39, 0.29) is 24.1 Å². The molecule has 0 saturated heterocycles. The number of benzene rings is 1. The van der Waals surface area contributed by atoms with Crippen molar-refractivity contribution < 1.29 is 14.0 Å². The number of anilines is 1. The average Bonchev–Trinajstić information content (AvgIpc) is 3.26. The molecule has 1 amide bonds. The first-order chi connectivity index (χ1) is 12.6. The lowest BCUT2D eigenvalue weighted by Crippen LogP contribution is -2.21. The summed E-state index contributed by atoms with van der Waals surface area (Å²) in [5, 5.41) is 8.67. The summed E-state index contributed by atoms with van der Waals surface area (Å²) in [6.07, 6.45) is 1.21. The van der Waals surface area contributed by atoms with Gasteiger partial charge in [-0.05, 0) is 42.1 Å². The number of nitrogens with zero attached hydrogens (tertiary/aromatic N) is 2. The number of aromatic nitrogens is 2. The Kier molecular flexibility index (Phi) is 5.43. The third-order valence-corrected chi connectivity index (χ3v) is 4.46. The summed E-state index contributed by atoms with van der Waals surface area (Å²) in [5.74, 6) is -0.816. The number of Topliss-reactive ketones (excluding diaryl/α,β-unsaturated/α-hetero) is 1. The molecule has 0 aliphatic rings. The van der Waals surface area contributed by atoms with Crippen molar-refractivity contribution >= 4 is 28.7 Å². The predicted molar refractivity (Wildman–Crippen MR) is 98.4 cm³/mol. The van der Waals surface area contributed by atoms with Crippen LogP contribution >= 0.6 is 11.3 Å². The lowest BCUT2D eigenvalue weighted by Gasteiger charge is -2.05. The van der Waals surface area contributed by atoms with Crippen LogP contribution in [-0.2, 0) is 11.3 Å². The topological polar surface area (TPSA) is 94.2 Å². The van der Waals surface area contributed by atoms with E-state index in [4.69, 9.17) is 4.42 Å².